The number of rotatable bonds is 7. The SMILES string of the molecule is CCOC(=O)CCN(O[P+](C)=O)C(=O)OCC. The molecule has 0 saturated heterocycles. The summed E-state index contributed by atoms with van der Waals surface area (Å²) in [4.78, 5) is 22.4. The van der Waals surface area contributed by atoms with Crippen LogP contribution >= 0.6 is 8.03 Å². The van der Waals surface area contributed by atoms with Crippen LogP contribution in [0.25, 0.3) is 0 Å². The van der Waals surface area contributed by atoms with Crippen LogP contribution in [0.4, 0.5) is 4.79 Å². The molecule has 0 aliphatic heterocycles. The van der Waals surface area contributed by atoms with Gasteiger partial charge in [0.15, 0.2) is 6.66 Å². The molecule has 0 bridgehead atoms. The number of hydrogen-bond acceptors (Lipinski definition) is 6. The maximum atomic E-state index is 11.3. The first-order valence-electron chi connectivity index (χ1n) is 5.20. The Hall–Kier alpha value is -1.20. The summed E-state index contributed by atoms with van der Waals surface area (Å²) in [6.07, 6.45) is -0.822. The minimum atomic E-state index is -2.00. The molecule has 0 aromatic rings. The van der Waals surface area contributed by atoms with Gasteiger partial charge < -0.3 is 9.47 Å². The van der Waals surface area contributed by atoms with E-state index in [4.69, 9.17) is 9.36 Å². The molecule has 0 N–H and O–H groups in total. The van der Waals surface area contributed by atoms with Crippen molar-refractivity contribution in [3.63, 3.8) is 0 Å². The summed E-state index contributed by atoms with van der Waals surface area (Å²) in [7, 11) is -2.00. The fourth-order valence-corrected chi connectivity index (χ4v) is 1.35. The number of carbonyl (C=O) groups excluding carboxylic acids is 2. The number of hydroxylamine groups is 2. The maximum absolute atomic E-state index is 11.3. The smallest absolute Gasteiger partial charge is 0.466 e. The molecule has 1 amide bonds. The first-order valence-corrected chi connectivity index (χ1v) is 6.82. The summed E-state index contributed by atoms with van der Waals surface area (Å²) >= 11 is 0. The average Bonchev–Trinajstić information content (AvgIpc) is 2.24. The van der Waals surface area contributed by atoms with E-state index in [2.05, 4.69) is 4.74 Å². The fraction of sp³-hybridized carbons (Fsp3) is 0.778. The average molecular weight is 266 g/mol. The van der Waals surface area contributed by atoms with Crippen molar-refractivity contribution in [1.82, 2.24) is 5.06 Å². The van der Waals surface area contributed by atoms with Crippen molar-refractivity contribution >= 4 is 20.1 Å². The van der Waals surface area contributed by atoms with E-state index in [0.29, 0.717) is 0 Å². The predicted octanol–water partition coefficient (Wildman–Crippen LogP) is 1.70. The van der Waals surface area contributed by atoms with Gasteiger partial charge in [0, 0.05) is 0 Å². The zero-order valence-electron chi connectivity index (χ0n) is 10.2. The first-order chi connectivity index (χ1) is 8.01. The lowest BCUT2D eigenvalue weighted by molar-refractivity contribution is -0.145. The Labute approximate surface area is 101 Å². The Morgan fingerprint density at radius 1 is 1.18 bits per heavy atom. The molecule has 0 fully saturated rings. The minimum Gasteiger partial charge on any atom is -0.466 e. The van der Waals surface area contributed by atoms with Gasteiger partial charge in [0.2, 0.25) is 0 Å². The summed E-state index contributed by atoms with van der Waals surface area (Å²) in [6.45, 7) is 4.98. The van der Waals surface area contributed by atoms with E-state index in [-0.39, 0.29) is 26.2 Å². The largest absolute Gasteiger partial charge is 0.529 e. The number of carbonyl (C=O) groups is 2. The summed E-state index contributed by atoms with van der Waals surface area (Å²) in [5.74, 6) is -0.461. The second kappa shape index (κ2) is 8.90. The van der Waals surface area contributed by atoms with Crippen LogP contribution in [0, 0.1) is 0 Å². The second-order valence-electron chi connectivity index (χ2n) is 2.88. The van der Waals surface area contributed by atoms with Crippen LogP contribution in [-0.4, -0.2) is 43.5 Å². The van der Waals surface area contributed by atoms with Gasteiger partial charge in [0.25, 0.3) is 0 Å². The van der Waals surface area contributed by atoms with Crippen LogP contribution in [0.5, 0.6) is 0 Å². The summed E-state index contributed by atoms with van der Waals surface area (Å²) in [6, 6.07) is 0. The van der Waals surface area contributed by atoms with Crippen molar-refractivity contribution in [2.45, 2.75) is 20.3 Å². The van der Waals surface area contributed by atoms with E-state index in [9.17, 15) is 14.2 Å². The lowest BCUT2D eigenvalue weighted by Crippen LogP contribution is -2.32. The van der Waals surface area contributed by atoms with Gasteiger partial charge >= 0.3 is 20.1 Å². The van der Waals surface area contributed by atoms with Crippen molar-refractivity contribution in [2.75, 3.05) is 26.4 Å². The highest BCUT2D eigenvalue weighted by Crippen LogP contribution is 2.19. The molecule has 0 aliphatic rings. The zero-order valence-corrected chi connectivity index (χ0v) is 11.1. The van der Waals surface area contributed by atoms with Gasteiger partial charge in [0.1, 0.15) is 0 Å². The zero-order chi connectivity index (χ0) is 13.3. The van der Waals surface area contributed by atoms with Gasteiger partial charge in [-0.15, -0.1) is 5.06 Å². The highest BCUT2D eigenvalue weighted by Gasteiger charge is 2.25. The van der Waals surface area contributed by atoms with E-state index in [1.165, 1.54) is 6.66 Å². The molecule has 98 valence electrons. The van der Waals surface area contributed by atoms with Gasteiger partial charge in [-0.05, 0) is 23.0 Å². The van der Waals surface area contributed by atoms with E-state index in [0.717, 1.165) is 5.06 Å². The quantitative estimate of drug-likeness (QED) is 0.396. The molecule has 7 nitrogen and oxygen atoms in total. The summed E-state index contributed by atoms with van der Waals surface area (Å²) in [5.41, 5.74) is 0. The van der Waals surface area contributed by atoms with Crippen molar-refractivity contribution in [2.24, 2.45) is 0 Å². The second-order valence-corrected chi connectivity index (χ2v) is 3.92. The summed E-state index contributed by atoms with van der Waals surface area (Å²) < 4.78 is 25.0. The van der Waals surface area contributed by atoms with Gasteiger partial charge in [-0.3, -0.25) is 4.79 Å². The molecule has 17 heavy (non-hydrogen) atoms. The molecule has 1 atom stereocenters. The number of hydrogen-bond donors (Lipinski definition) is 0. The van der Waals surface area contributed by atoms with Crippen LogP contribution in [0.2, 0.25) is 0 Å². The summed E-state index contributed by atoms with van der Waals surface area (Å²) in [5, 5.41) is 0.763. The molecular formula is C9H17NO6P+. The predicted molar refractivity (Wildman–Crippen MR) is 59.6 cm³/mol. The number of esters is 1. The van der Waals surface area contributed by atoms with Gasteiger partial charge in [-0.2, -0.15) is 0 Å². The van der Waals surface area contributed by atoms with Crippen LogP contribution in [0.15, 0.2) is 0 Å². The van der Waals surface area contributed by atoms with Gasteiger partial charge in [0.05, 0.1) is 26.2 Å². The molecule has 8 heteroatoms. The number of amides is 1. The topological polar surface area (TPSA) is 82.1 Å². The third kappa shape index (κ3) is 7.65. The molecule has 0 radical (unpaired) electrons. The van der Waals surface area contributed by atoms with Crippen LogP contribution in [0.1, 0.15) is 20.3 Å². The van der Waals surface area contributed by atoms with Gasteiger partial charge in [-0.25, -0.2) is 4.79 Å². The molecule has 0 aliphatic carbocycles. The van der Waals surface area contributed by atoms with Crippen LogP contribution in [0.3, 0.4) is 0 Å². The molecular weight excluding hydrogens is 249 g/mol. The van der Waals surface area contributed by atoms with Crippen molar-refractivity contribution in [3.8, 4) is 0 Å². The third-order valence-corrected chi connectivity index (χ3v) is 1.94. The van der Waals surface area contributed by atoms with Crippen molar-refractivity contribution in [3.05, 3.63) is 0 Å². The van der Waals surface area contributed by atoms with Crippen molar-refractivity contribution in [1.29, 1.82) is 0 Å². The number of nitrogens with zero attached hydrogens (tertiary/aromatic N) is 1. The maximum Gasteiger partial charge on any atom is 0.529 e. The van der Waals surface area contributed by atoms with Crippen LogP contribution in [-0.2, 0) is 23.5 Å². The van der Waals surface area contributed by atoms with Crippen LogP contribution < -0.4 is 0 Å². The fourth-order valence-electron chi connectivity index (χ4n) is 0.926. The molecule has 0 heterocycles. The molecule has 0 spiro atoms. The van der Waals surface area contributed by atoms with Crippen molar-refractivity contribution < 1.29 is 28.3 Å². The monoisotopic (exact) mass is 266 g/mol. The van der Waals surface area contributed by atoms with E-state index >= 15 is 0 Å². The Bertz CT molecular complexity index is 283. The van der Waals surface area contributed by atoms with E-state index in [1.807, 2.05) is 0 Å². The Morgan fingerprint density at radius 3 is 2.24 bits per heavy atom. The third-order valence-electron chi connectivity index (χ3n) is 1.51. The van der Waals surface area contributed by atoms with E-state index < -0.39 is 20.1 Å². The van der Waals surface area contributed by atoms with E-state index in [1.54, 1.807) is 13.8 Å². The molecule has 0 aromatic heterocycles. The highest BCUT2D eigenvalue weighted by molar-refractivity contribution is 7.38. The Balaban J connectivity index is 4.23. The van der Waals surface area contributed by atoms with Gasteiger partial charge in [-0.1, -0.05) is 0 Å². The normalized spacial score (nSPS) is 10.6. The molecule has 0 aromatic carbocycles. The lowest BCUT2D eigenvalue weighted by Gasteiger charge is -2.13. The molecule has 1 unspecified atom stereocenters. The number of ether oxygens (including phenoxy) is 2. The Kier molecular flexibility index (Phi) is 8.27. The standard InChI is InChI=1S/C9H17NO6P/c1-4-14-8(11)6-7-10(16-17(3)13)9(12)15-5-2/h4-7H2,1-3H3/q+1. The highest BCUT2D eigenvalue weighted by atomic mass is 31.1. The Morgan fingerprint density at radius 2 is 1.76 bits per heavy atom. The first kappa shape index (κ1) is 15.8. The minimum absolute atomic E-state index is 0.0458. The molecule has 0 rings (SSSR count). The molecule has 0 saturated carbocycles. The lowest BCUT2D eigenvalue weighted by atomic mass is 10.4.